The van der Waals surface area contributed by atoms with Gasteiger partial charge in [0.2, 0.25) is 0 Å². The fourth-order valence-electron chi connectivity index (χ4n) is 5.06. The van der Waals surface area contributed by atoms with Gasteiger partial charge in [-0.05, 0) is 92.9 Å². The number of anilines is 1. The zero-order valence-electron chi connectivity index (χ0n) is 34.3. The Morgan fingerprint density at radius 1 is 0.930 bits per heavy atom. The molecule has 1 N–H and O–H groups in total. The number of aromatic nitrogens is 2. The number of halogens is 1. The van der Waals surface area contributed by atoms with Crippen LogP contribution in [0.3, 0.4) is 0 Å². The number of methoxy groups -OCH3 is 1. The summed E-state index contributed by atoms with van der Waals surface area (Å²) in [6.45, 7) is 17.3. The van der Waals surface area contributed by atoms with Crippen LogP contribution in [0.25, 0.3) is 0 Å². The Morgan fingerprint density at radius 2 is 1.49 bits per heavy atom. The highest BCUT2D eigenvalue weighted by Gasteiger charge is 2.50. The number of alkyl halides is 1. The second-order valence-electron chi connectivity index (χ2n) is 16.4. The summed E-state index contributed by atoms with van der Waals surface area (Å²) in [6.07, 6.45) is -6.08. The van der Waals surface area contributed by atoms with Gasteiger partial charge in [-0.15, -0.1) is 11.8 Å². The van der Waals surface area contributed by atoms with Crippen LogP contribution < -0.4 is 20.2 Å². The van der Waals surface area contributed by atoms with E-state index >= 15 is 4.39 Å². The van der Waals surface area contributed by atoms with Gasteiger partial charge in [0.25, 0.3) is 0 Å². The lowest BCUT2D eigenvalue weighted by molar-refractivity contribution is -0.143. The number of hydrogen-bond acceptors (Lipinski definition) is 15. The molecule has 1 saturated heterocycles. The van der Waals surface area contributed by atoms with Gasteiger partial charge in [-0.1, -0.05) is 32.0 Å². The summed E-state index contributed by atoms with van der Waals surface area (Å²) in [7, 11) is -3.31. The molecule has 0 saturated carbocycles. The van der Waals surface area contributed by atoms with Crippen molar-refractivity contribution in [2.75, 3.05) is 18.6 Å². The number of thioether (sulfide) groups is 1. The number of carbonyl (C=O) groups is 4. The zero-order chi connectivity index (χ0) is 43.1. The molecule has 1 aliphatic heterocycles. The van der Waals surface area contributed by atoms with Crippen molar-refractivity contribution >= 4 is 49.6 Å². The molecule has 1 fully saturated rings. The monoisotopic (exact) mass is 844 g/mol. The normalized spacial score (nSPS) is 20.2. The van der Waals surface area contributed by atoms with Gasteiger partial charge in [0.1, 0.15) is 34.0 Å². The van der Waals surface area contributed by atoms with Crippen LogP contribution in [-0.4, -0.2) is 87.9 Å². The number of benzene rings is 1. The summed E-state index contributed by atoms with van der Waals surface area (Å²) in [4.78, 5) is 69.9. The Bertz CT molecular complexity index is 1800. The number of amides is 2. The van der Waals surface area contributed by atoms with Gasteiger partial charge in [-0.25, -0.2) is 28.1 Å². The van der Waals surface area contributed by atoms with Crippen LogP contribution in [0.15, 0.2) is 47.4 Å². The standard InChI is InChI=1S/C37H54FN4O13PS/c1-22(2)20-24(30(43)49-12)40-56(48,55-23-16-14-13-15-17-23)50-21-25-28(51-34(47)54-37(9,10)11)27(38)29(57-25)41-19-18-26(39-31(41)44)42(32(45)52-35(3,4)5)33(46)53-36(6,7)8/h13-19,22,24-25,27-29H,20-21H2,1-12H3,(H,40,48)/t24?,25-,27+,28-,29-,56?/m1/s1. The van der Waals surface area contributed by atoms with E-state index in [0.29, 0.717) is 4.90 Å². The lowest BCUT2D eigenvalue weighted by atomic mass is 10.1. The molecule has 2 heterocycles. The molecule has 1 aromatic carbocycles. The molecule has 2 aromatic rings. The zero-order valence-corrected chi connectivity index (χ0v) is 36.0. The largest absolute Gasteiger partial charge is 0.509 e. The maximum absolute atomic E-state index is 16.6. The fraction of sp³-hybridized carbons (Fsp3) is 0.622. The van der Waals surface area contributed by atoms with E-state index < -0.39 is 95.9 Å². The van der Waals surface area contributed by atoms with Crippen LogP contribution in [0.5, 0.6) is 5.75 Å². The third-order valence-corrected chi connectivity index (χ3v) is 10.3. The maximum atomic E-state index is 16.6. The van der Waals surface area contributed by atoms with Gasteiger partial charge in [0.05, 0.1) is 19.0 Å². The van der Waals surface area contributed by atoms with Gasteiger partial charge < -0.3 is 28.2 Å². The fourth-order valence-corrected chi connectivity index (χ4v) is 8.16. The van der Waals surface area contributed by atoms with E-state index in [2.05, 4.69) is 10.1 Å². The number of ether oxygens (including phenoxy) is 5. The Balaban J connectivity index is 2.03. The minimum Gasteiger partial charge on any atom is -0.468 e. The highest BCUT2D eigenvalue weighted by molar-refractivity contribution is 8.00. The van der Waals surface area contributed by atoms with Crippen LogP contribution >= 0.6 is 19.5 Å². The molecular formula is C37H54FN4O13PS. The van der Waals surface area contributed by atoms with Crippen molar-refractivity contribution in [3.63, 3.8) is 0 Å². The molecular weight excluding hydrogens is 790 g/mol. The van der Waals surface area contributed by atoms with Crippen molar-refractivity contribution in [2.45, 2.75) is 128 Å². The summed E-state index contributed by atoms with van der Waals surface area (Å²) in [5, 5.41) is 0.0453. The highest BCUT2D eigenvalue weighted by Crippen LogP contribution is 2.50. The first-order chi connectivity index (χ1) is 26.2. The van der Waals surface area contributed by atoms with E-state index in [0.717, 1.165) is 28.6 Å². The molecule has 57 heavy (non-hydrogen) atoms. The minimum atomic E-state index is -4.49. The van der Waals surface area contributed by atoms with Gasteiger partial charge in [-0.3, -0.25) is 13.9 Å². The highest BCUT2D eigenvalue weighted by atomic mass is 32.2. The van der Waals surface area contributed by atoms with E-state index in [1.165, 1.54) is 19.2 Å². The molecule has 2 amide bonds. The second kappa shape index (κ2) is 19.0. The first-order valence-corrected chi connectivity index (χ1v) is 20.6. The van der Waals surface area contributed by atoms with Crippen molar-refractivity contribution in [1.82, 2.24) is 14.6 Å². The van der Waals surface area contributed by atoms with E-state index in [1.54, 1.807) is 80.5 Å². The van der Waals surface area contributed by atoms with Gasteiger partial charge >= 0.3 is 37.7 Å². The molecule has 20 heteroatoms. The SMILES string of the molecule is COC(=O)C(CC(C)C)NP(=O)(OC[C@H]1S[C@@H](n2ccc(N(C(=O)OC(C)(C)C)C(=O)OC(C)(C)C)nc2=O)[C@@H](F)[C@@H]1OC(=O)OC(C)(C)C)Oc1ccccc1. The molecule has 0 aliphatic carbocycles. The first kappa shape index (κ1) is 47.2. The van der Waals surface area contributed by atoms with Crippen LogP contribution in [-0.2, 0) is 37.6 Å². The summed E-state index contributed by atoms with van der Waals surface area (Å²) in [6, 6.07) is 7.94. The van der Waals surface area contributed by atoms with Gasteiger partial charge in [0.15, 0.2) is 18.1 Å². The quantitative estimate of drug-likeness (QED) is 0.117. The topological polar surface area (TPSA) is 200 Å². The Kier molecular flexibility index (Phi) is 15.8. The van der Waals surface area contributed by atoms with Gasteiger partial charge in [0, 0.05) is 6.20 Å². The average molecular weight is 845 g/mol. The number of rotatable bonds is 13. The molecule has 0 radical (unpaired) electrons. The average Bonchev–Trinajstić information content (AvgIpc) is 3.34. The predicted octanol–water partition coefficient (Wildman–Crippen LogP) is 7.57. The Hall–Kier alpha value is -4.19. The number of para-hydroxylation sites is 1. The minimum absolute atomic E-state index is 0.0597. The molecule has 6 atom stereocenters. The molecule has 318 valence electrons. The van der Waals surface area contributed by atoms with Crippen LogP contribution in [0.4, 0.5) is 24.6 Å². The Morgan fingerprint density at radius 3 is 1.98 bits per heavy atom. The molecule has 0 spiro atoms. The molecule has 1 aliphatic rings. The lowest BCUT2D eigenvalue weighted by Crippen LogP contribution is -2.45. The van der Waals surface area contributed by atoms with Crippen molar-refractivity contribution in [3.05, 3.63) is 53.1 Å². The van der Waals surface area contributed by atoms with E-state index in [9.17, 15) is 28.5 Å². The van der Waals surface area contributed by atoms with Crippen LogP contribution in [0, 0.1) is 5.92 Å². The molecule has 1 aromatic heterocycles. The molecule has 3 rings (SSSR count). The third kappa shape index (κ3) is 14.6. The number of hydrogen-bond donors (Lipinski definition) is 1. The van der Waals surface area contributed by atoms with Crippen molar-refractivity contribution < 1.29 is 60.9 Å². The van der Waals surface area contributed by atoms with E-state index in [1.807, 2.05) is 13.8 Å². The Labute approximate surface area is 336 Å². The number of nitrogens with zero attached hydrogens (tertiary/aromatic N) is 3. The number of carbonyl (C=O) groups excluding carboxylic acids is 4. The number of nitrogens with one attached hydrogen (secondary N) is 1. The van der Waals surface area contributed by atoms with E-state index in [-0.39, 0.29) is 18.1 Å². The summed E-state index contributed by atoms with van der Waals surface area (Å²) >= 11 is 0.781. The van der Waals surface area contributed by atoms with Crippen LogP contribution in [0.1, 0.15) is 88.0 Å². The second-order valence-corrected chi connectivity index (χ2v) is 19.4. The first-order valence-electron chi connectivity index (χ1n) is 18.1. The predicted molar refractivity (Wildman–Crippen MR) is 209 cm³/mol. The van der Waals surface area contributed by atoms with Crippen LogP contribution in [0.2, 0.25) is 0 Å². The van der Waals surface area contributed by atoms with Gasteiger partial charge in [-0.2, -0.15) is 15.0 Å². The smallest absolute Gasteiger partial charge is 0.468 e. The third-order valence-electron chi connectivity index (χ3n) is 7.24. The summed E-state index contributed by atoms with van der Waals surface area (Å²) < 4.78 is 69.9. The molecule has 0 bridgehead atoms. The summed E-state index contributed by atoms with van der Waals surface area (Å²) in [5.41, 5.74) is -4.21. The van der Waals surface area contributed by atoms with Crippen molar-refractivity contribution in [2.24, 2.45) is 5.92 Å². The summed E-state index contributed by atoms with van der Waals surface area (Å²) in [5.74, 6) is -1.14. The van der Waals surface area contributed by atoms with E-state index in [4.69, 9.17) is 32.7 Å². The molecule has 2 unspecified atom stereocenters. The number of imide groups is 1. The maximum Gasteiger partial charge on any atom is 0.509 e. The van der Waals surface area contributed by atoms with Crippen molar-refractivity contribution in [1.29, 1.82) is 0 Å². The number of esters is 1. The molecule has 17 nitrogen and oxygen atoms in total. The van der Waals surface area contributed by atoms with Crippen molar-refractivity contribution in [3.8, 4) is 5.75 Å². The lowest BCUT2D eigenvalue weighted by Gasteiger charge is -2.28.